The van der Waals surface area contributed by atoms with Gasteiger partial charge in [0.2, 0.25) is 0 Å². The van der Waals surface area contributed by atoms with E-state index in [0.29, 0.717) is 11.8 Å². The first-order valence-electron chi connectivity index (χ1n) is 6.65. The van der Waals surface area contributed by atoms with E-state index in [2.05, 4.69) is 56.8 Å². The van der Waals surface area contributed by atoms with E-state index in [1.54, 1.807) is 5.56 Å². The number of thioether (sulfide) groups is 1. The summed E-state index contributed by atoms with van der Waals surface area (Å²) in [6.07, 6.45) is 5.38. The lowest BCUT2D eigenvalue weighted by molar-refractivity contribution is 0.533. The third kappa shape index (κ3) is 2.67. The van der Waals surface area contributed by atoms with E-state index in [1.807, 2.05) is 0 Å². The largest absolute Gasteiger partial charge is 0.264 e. The summed E-state index contributed by atoms with van der Waals surface area (Å²) in [6.45, 7) is 9.27. The molecule has 0 aromatic carbocycles. The van der Waals surface area contributed by atoms with E-state index < -0.39 is 0 Å². The Kier molecular flexibility index (Phi) is 4.13. The Balaban J connectivity index is 2.52. The summed E-state index contributed by atoms with van der Waals surface area (Å²) in [7, 11) is 0. The molecule has 0 N–H and O–H groups in total. The Morgan fingerprint density at radius 3 is 2.65 bits per heavy atom. The zero-order valence-electron chi connectivity index (χ0n) is 11.4. The van der Waals surface area contributed by atoms with Crippen LogP contribution >= 0.6 is 11.8 Å². The highest BCUT2D eigenvalue weighted by Gasteiger charge is 2.25. The standard InChI is InChI=1S/C15H23NS/c1-10(2)13-8-16-7-12-5-6-17-9-14(11(3)4)15(12)13/h7-8,10-11,14H,5-6,9H2,1-4H3. The third-order valence-corrected chi connectivity index (χ3v) is 4.80. The fourth-order valence-electron chi connectivity index (χ4n) is 2.65. The fourth-order valence-corrected chi connectivity index (χ4v) is 3.98. The monoisotopic (exact) mass is 249 g/mol. The van der Waals surface area contributed by atoms with Crippen molar-refractivity contribution in [2.24, 2.45) is 5.92 Å². The third-order valence-electron chi connectivity index (χ3n) is 3.71. The van der Waals surface area contributed by atoms with Gasteiger partial charge in [-0.3, -0.25) is 4.98 Å². The summed E-state index contributed by atoms with van der Waals surface area (Å²) in [6, 6.07) is 0. The molecule has 2 heteroatoms. The smallest absolute Gasteiger partial charge is 0.0305 e. The van der Waals surface area contributed by atoms with Crippen molar-refractivity contribution >= 4 is 11.8 Å². The first kappa shape index (κ1) is 12.9. The Bertz CT molecular complexity index is 385. The molecular weight excluding hydrogens is 226 g/mol. The summed E-state index contributed by atoms with van der Waals surface area (Å²) >= 11 is 2.10. The van der Waals surface area contributed by atoms with Gasteiger partial charge in [-0.15, -0.1) is 0 Å². The molecule has 0 aliphatic carbocycles. The van der Waals surface area contributed by atoms with Crippen LogP contribution in [0.4, 0.5) is 0 Å². The minimum Gasteiger partial charge on any atom is -0.264 e. The molecule has 94 valence electrons. The van der Waals surface area contributed by atoms with E-state index in [4.69, 9.17) is 0 Å². The first-order chi connectivity index (χ1) is 8.11. The van der Waals surface area contributed by atoms with Crippen LogP contribution in [0.5, 0.6) is 0 Å². The molecule has 0 spiro atoms. The molecule has 1 nitrogen and oxygen atoms in total. The lowest BCUT2D eigenvalue weighted by Gasteiger charge is -2.25. The number of nitrogens with zero attached hydrogens (tertiary/aromatic N) is 1. The van der Waals surface area contributed by atoms with Gasteiger partial charge in [0.1, 0.15) is 0 Å². The Morgan fingerprint density at radius 2 is 2.00 bits per heavy atom. The van der Waals surface area contributed by atoms with E-state index in [0.717, 1.165) is 5.92 Å². The second-order valence-corrected chi connectivity index (χ2v) is 6.78. The van der Waals surface area contributed by atoms with Gasteiger partial charge in [0.05, 0.1) is 0 Å². The van der Waals surface area contributed by atoms with Crippen molar-refractivity contribution < 1.29 is 0 Å². The van der Waals surface area contributed by atoms with Gasteiger partial charge >= 0.3 is 0 Å². The normalized spacial score (nSPS) is 20.5. The van der Waals surface area contributed by atoms with Crippen molar-refractivity contribution in [3.05, 3.63) is 29.1 Å². The van der Waals surface area contributed by atoms with Gasteiger partial charge in [-0.25, -0.2) is 0 Å². The number of aromatic nitrogens is 1. The van der Waals surface area contributed by atoms with Crippen LogP contribution in [0.1, 0.15) is 56.2 Å². The maximum atomic E-state index is 4.45. The van der Waals surface area contributed by atoms with Crippen molar-refractivity contribution in [3.8, 4) is 0 Å². The van der Waals surface area contributed by atoms with Crippen LogP contribution in [-0.2, 0) is 6.42 Å². The number of aryl methyl sites for hydroxylation is 1. The SMILES string of the molecule is CC(C)c1cncc2c1C(C(C)C)CSCC2. The molecule has 0 saturated carbocycles. The molecule has 0 bridgehead atoms. The molecule has 0 saturated heterocycles. The minimum atomic E-state index is 0.585. The molecule has 0 amide bonds. The number of rotatable bonds is 2. The van der Waals surface area contributed by atoms with Crippen LogP contribution < -0.4 is 0 Å². The zero-order valence-corrected chi connectivity index (χ0v) is 12.2. The minimum absolute atomic E-state index is 0.585. The molecule has 0 radical (unpaired) electrons. The Hall–Kier alpha value is -0.500. The highest BCUT2D eigenvalue weighted by atomic mass is 32.2. The summed E-state index contributed by atoms with van der Waals surface area (Å²) in [5.74, 6) is 4.53. The lowest BCUT2D eigenvalue weighted by Crippen LogP contribution is -2.14. The number of hydrogen-bond acceptors (Lipinski definition) is 2. The number of pyridine rings is 1. The van der Waals surface area contributed by atoms with Gasteiger partial charge in [-0.2, -0.15) is 11.8 Å². The molecule has 2 rings (SSSR count). The quantitative estimate of drug-likeness (QED) is 0.778. The van der Waals surface area contributed by atoms with Gasteiger partial charge in [0, 0.05) is 18.1 Å². The second-order valence-electron chi connectivity index (χ2n) is 5.63. The molecule has 1 unspecified atom stereocenters. The van der Waals surface area contributed by atoms with Gasteiger partial charge < -0.3 is 0 Å². The molecule has 2 heterocycles. The average molecular weight is 249 g/mol. The molecule has 17 heavy (non-hydrogen) atoms. The molecule has 1 aliphatic heterocycles. The zero-order chi connectivity index (χ0) is 12.4. The Labute approximate surface area is 109 Å². The molecular formula is C15H23NS. The molecule has 1 atom stereocenters. The predicted molar refractivity (Wildman–Crippen MR) is 76.9 cm³/mol. The van der Waals surface area contributed by atoms with Crippen LogP contribution in [0.2, 0.25) is 0 Å². The van der Waals surface area contributed by atoms with Crippen molar-refractivity contribution in [2.45, 2.75) is 46.0 Å². The highest BCUT2D eigenvalue weighted by molar-refractivity contribution is 7.99. The van der Waals surface area contributed by atoms with Crippen LogP contribution in [0.25, 0.3) is 0 Å². The fraction of sp³-hybridized carbons (Fsp3) is 0.667. The number of fused-ring (bicyclic) bond motifs is 1. The van der Waals surface area contributed by atoms with Gasteiger partial charge in [0.25, 0.3) is 0 Å². The van der Waals surface area contributed by atoms with Crippen molar-refractivity contribution in [1.82, 2.24) is 4.98 Å². The van der Waals surface area contributed by atoms with Gasteiger partial charge in [0.15, 0.2) is 0 Å². The summed E-state index contributed by atoms with van der Waals surface area (Å²) in [5.41, 5.74) is 4.60. The van der Waals surface area contributed by atoms with E-state index >= 15 is 0 Å². The average Bonchev–Trinajstić information content (AvgIpc) is 2.50. The van der Waals surface area contributed by atoms with Crippen molar-refractivity contribution in [3.63, 3.8) is 0 Å². The van der Waals surface area contributed by atoms with Gasteiger partial charge in [-0.1, -0.05) is 27.7 Å². The maximum Gasteiger partial charge on any atom is 0.0305 e. The number of hydrogen-bond donors (Lipinski definition) is 0. The maximum absolute atomic E-state index is 4.45. The van der Waals surface area contributed by atoms with Crippen LogP contribution in [0.15, 0.2) is 12.4 Å². The van der Waals surface area contributed by atoms with E-state index in [1.165, 1.54) is 29.1 Å². The lowest BCUT2D eigenvalue weighted by atomic mass is 9.82. The summed E-state index contributed by atoms with van der Waals surface area (Å²) < 4.78 is 0. The summed E-state index contributed by atoms with van der Waals surface area (Å²) in [4.78, 5) is 4.45. The highest BCUT2D eigenvalue weighted by Crippen LogP contribution is 2.38. The van der Waals surface area contributed by atoms with Crippen molar-refractivity contribution in [1.29, 1.82) is 0 Å². The molecule has 1 aromatic rings. The van der Waals surface area contributed by atoms with E-state index in [9.17, 15) is 0 Å². The predicted octanol–water partition coefficient (Wildman–Crippen LogP) is 4.23. The molecule has 1 aromatic heterocycles. The molecule has 0 fully saturated rings. The van der Waals surface area contributed by atoms with E-state index in [-0.39, 0.29) is 0 Å². The van der Waals surface area contributed by atoms with Crippen LogP contribution in [0.3, 0.4) is 0 Å². The van der Waals surface area contributed by atoms with Crippen LogP contribution in [0, 0.1) is 5.92 Å². The first-order valence-corrected chi connectivity index (χ1v) is 7.81. The second kappa shape index (κ2) is 5.43. The van der Waals surface area contributed by atoms with Gasteiger partial charge in [-0.05, 0) is 46.6 Å². The van der Waals surface area contributed by atoms with Crippen molar-refractivity contribution in [2.75, 3.05) is 11.5 Å². The Morgan fingerprint density at radius 1 is 1.24 bits per heavy atom. The molecule has 1 aliphatic rings. The summed E-state index contributed by atoms with van der Waals surface area (Å²) in [5, 5.41) is 0. The topological polar surface area (TPSA) is 12.9 Å². The van der Waals surface area contributed by atoms with Crippen LogP contribution in [-0.4, -0.2) is 16.5 Å².